The fraction of sp³-hybridized carbons (Fsp3) is 0.333. The van der Waals surface area contributed by atoms with Gasteiger partial charge in [-0.2, -0.15) is 5.10 Å². The van der Waals surface area contributed by atoms with Crippen LogP contribution in [0.4, 0.5) is 5.69 Å². The van der Waals surface area contributed by atoms with Gasteiger partial charge < -0.3 is 10.1 Å². The van der Waals surface area contributed by atoms with Gasteiger partial charge in [0.25, 0.3) is 0 Å². The molecule has 0 spiro atoms. The third kappa shape index (κ3) is 3.64. The van der Waals surface area contributed by atoms with Crippen LogP contribution in [0.25, 0.3) is 0 Å². The number of hydrogen-bond donors (Lipinski definition) is 1. The van der Waals surface area contributed by atoms with Gasteiger partial charge in [0.1, 0.15) is 0 Å². The third-order valence-corrected chi connectivity index (χ3v) is 3.81. The summed E-state index contributed by atoms with van der Waals surface area (Å²) in [5.74, 6) is -0.315. The number of nitrogens with one attached hydrogen (secondary N) is 1. The van der Waals surface area contributed by atoms with Crippen LogP contribution in [0.5, 0.6) is 0 Å². The number of hydrogen-bond acceptors (Lipinski definition) is 4. The van der Waals surface area contributed by atoms with Crippen molar-refractivity contribution >= 4 is 27.6 Å². The number of nitrogens with zero attached hydrogens (tertiary/aromatic N) is 2. The number of benzene rings is 1. The van der Waals surface area contributed by atoms with E-state index in [1.54, 1.807) is 25.3 Å². The molecule has 5 nitrogen and oxygen atoms in total. The van der Waals surface area contributed by atoms with Crippen LogP contribution in [0.1, 0.15) is 35.9 Å². The van der Waals surface area contributed by atoms with Gasteiger partial charge in [-0.15, -0.1) is 0 Å². The zero-order chi connectivity index (χ0) is 15.4. The van der Waals surface area contributed by atoms with Gasteiger partial charge in [-0.05, 0) is 54.0 Å². The standard InChI is InChI=1S/C15H18BrN3O2/c1-4-21-15(20)11-5-6-13(12(16)9-11)18-10(2)14-7-8-17-19(14)3/h5-10,18H,4H2,1-3H3. The van der Waals surface area contributed by atoms with Gasteiger partial charge >= 0.3 is 5.97 Å². The molecule has 6 heteroatoms. The molecule has 1 aromatic heterocycles. The first-order chi connectivity index (χ1) is 10.0. The molecule has 0 saturated heterocycles. The zero-order valence-electron chi connectivity index (χ0n) is 12.3. The summed E-state index contributed by atoms with van der Waals surface area (Å²) in [6.45, 7) is 4.22. The Morgan fingerprint density at radius 3 is 2.81 bits per heavy atom. The maximum absolute atomic E-state index is 11.7. The van der Waals surface area contributed by atoms with Gasteiger partial charge in [-0.3, -0.25) is 4.68 Å². The van der Waals surface area contributed by atoms with E-state index in [0.29, 0.717) is 12.2 Å². The lowest BCUT2D eigenvalue weighted by atomic mass is 10.1. The molecule has 1 N–H and O–H groups in total. The summed E-state index contributed by atoms with van der Waals surface area (Å²) in [5, 5.41) is 7.55. The maximum Gasteiger partial charge on any atom is 0.338 e. The van der Waals surface area contributed by atoms with Crippen LogP contribution in [-0.2, 0) is 11.8 Å². The average molecular weight is 352 g/mol. The number of carbonyl (C=O) groups is 1. The van der Waals surface area contributed by atoms with Crippen LogP contribution in [0, 0.1) is 0 Å². The highest BCUT2D eigenvalue weighted by atomic mass is 79.9. The highest BCUT2D eigenvalue weighted by molar-refractivity contribution is 9.10. The molecule has 1 atom stereocenters. The molecule has 0 amide bonds. The Kier molecular flexibility index (Phi) is 5.01. The number of ether oxygens (including phenoxy) is 1. The molecule has 0 aliphatic carbocycles. The number of aryl methyl sites for hydroxylation is 1. The van der Waals surface area contributed by atoms with Crippen LogP contribution in [0.3, 0.4) is 0 Å². The van der Waals surface area contributed by atoms with Crippen LogP contribution in [0.15, 0.2) is 34.9 Å². The number of carbonyl (C=O) groups excluding carboxylic acids is 1. The molecule has 0 aliphatic rings. The Hall–Kier alpha value is -1.82. The Bertz CT molecular complexity index is 640. The fourth-order valence-corrected chi connectivity index (χ4v) is 2.58. The predicted octanol–water partition coefficient (Wildman–Crippen LogP) is 3.53. The molecule has 112 valence electrons. The van der Waals surface area contributed by atoms with E-state index in [1.165, 1.54) is 0 Å². The lowest BCUT2D eigenvalue weighted by Gasteiger charge is -2.17. The van der Waals surface area contributed by atoms with Gasteiger partial charge in [-0.1, -0.05) is 0 Å². The number of anilines is 1. The second-order valence-corrected chi connectivity index (χ2v) is 5.52. The quantitative estimate of drug-likeness (QED) is 0.837. The van der Waals surface area contributed by atoms with Gasteiger partial charge in [-0.25, -0.2) is 4.79 Å². The summed E-state index contributed by atoms with van der Waals surface area (Å²) in [7, 11) is 1.91. The molecule has 2 aromatic rings. The highest BCUT2D eigenvalue weighted by Gasteiger charge is 2.13. The molecule has 1 aromatic carbocycles. The van der Waals surface area contributed by atoms with Crippen molar-refractivity contribution in [1.82, 2.24) is 9.78 Å². The van der Waals surface area contributed by atoms with Crippen molar-refractivity contribution in [3.05, 3.63) is 46.2 Å². The molecule has 21 heavy (non-hydrogen) atoms. The Morgan fingerprint density at radius 1 is 1.48 bits per heavy atom. The van der Waals surface area contributed by atoms with Crippen molar-refractivity contribution in [2.45, 2.75) is 19.9 Å². The maximum atomic E-state index is 11.7. The number of rotatable bonds is 5. The number of halogens is 1. The predicted molar refractivity (Wildman–Crippen MR) is 85.3 cm³/mol. The molecule has 0 fully saturated rings. The minimum absolute atomic E-state index is 0.0993. The molecule has 1 heterocycles. The molecule has 2 rings (SSSR count). The smallest absolute Gasteiger partial charge is 0.338 e. The van der Waals surface area contributed by atoms with Crippen molar-refractivity contribution in [3.8, 4) is 0 Å². The van der Waals surface area contributed by atoms with E-state index in [4.69, 9.17) is 4.74 Å². The summed E-state index contributed by atoms with van der Waals surface area (Å²) in [6, 6.07) is 7.45. The van der Waals surface area contributed by atoms with Crippen molar-refractivity contribution in [2.24, 2.45) is 7.05 Å². The summed E-state index contributed by atoms with van der Waals surface area (Å²) in [4.78, 5) is 11.7. The summed E-state index contributed by atoms with van der Waals surface area (Å²) in [6.07, 6.45) is 1.77. The third-order valence-electron chi connectivity index (χ3n) is 3.15. The second kappa shape index (κ2) is 6.76. The van der Waals surface area contributed by atoms with E-state index in [2.05, 4.69) is 33.3 Å². The Morgan fingerprint density at radius 2 is 2.24 bits per heavy atom. The van der Waals surface area contributed by atoms with Crippen molar-refractivity contribution in [3.63, 3.8) is 0 Å². The Balaban J connectivity index is 2.14. The molecule has 0 aliphatic heterocycles. The normalized spacial score (nSPS) is 12.0. The average Bonchev–Trinajstić information content (AvgIpc) is 2.87. The molecule has 0 bridgehead atoms. The van der Waals surface area contributed by atoms with E-state index in [1.807, 2.05) is 23.9 Å². The molecular weight excluding hydrogens is 334 g/mol. The topological polar surface area (TPSA) is 56.1 Å². The first kappa shape index (κ1) is 15.6. The first-order valence-corrected chi connectivity index (χ1v) is 7.53. The summed E-state index contributed by atoms with van der Waals surface area (Å²) < 4.78 is 7.64. The monoisotopic (exact) mass is 351 g/mol. The van der Waals surface area contributed by atoms with Crippen molar-refractivity contribution in [2.75, 3.05) is 11.9 Å². The fourth-order valence-electron chi connectivity index (χ4n) is 2.09. The van der Waals surface area contributed by atoms with Gasteiger partial charge in [0.2, 0.25) is 0 Å². The van der Waals surface area contributed by atoms with Crippen molar-refractivity contribution in [1.29, 1.82) is 0 Å². The van der Waals surface area contributed by atoms with Crippen LogP contribution >= 0.6 is 15.9 Å². The minimum Gasteiger partial charge on any atom is -0.462 e. The van der Waals surface area contributed by atoms with E-state index in [0.717, 1.165) is 15.9 Å². The van der Waals surface area contributed by atoms with Crippen LogP contribution < -0.4 is 5.32 Å². The van der Waals surface area contributed by atoms with Gasteiger partial charge in [0, 0.05) is 23.4 Å². The minimum atomic E-state index is -0.315. The number of esters is 1. The van der Waals surface area contributed by atoms with E-state index in [9.17, 15) is 4.79 Å². The summed E-state index contributed by atoms with van der Waals surface area (Å²) in [5.41, 5.74) is 2.52. The summed E-state index contributed by atoms with van der Waals surface area (Å²) >= 11 is 3.48. The van der Waals surface area contributed by atoms with E-state index >= 15 is 0 Å². The molecular formula is C15H18BrN3O2. The zero-order valence-corrected chi connectivity index (χ0v) is 13.8. The van der Waals surface area contributed by atoms with E-state index < -0.39 is 0 Å². The lowest BCUT2D eigenvalue weighted by molar-refractivity contribution is 0.0526. The molecule has 1 unspecified atom stereocenters. The largest absolute Gasteiger partial charge is 0.462 e. The van der Waals surface area contributed by atoms with E-state index in [-0.39, 0.29) is 12.0 Å². The number of aromatic nitrogens is 2. The van der Waals surface area contributed by atoms with Gasteiger partial charge in [0.15, 0.2) is 0 Å². The van der Waals surface area contributed by atoms with Crippen molar-refractivity contribution < 1.29 is 9.53 Å². The van der Waals surface area contributed by atoms with Crippen LogP contribution in [-0.4, -0.2) is 22.4 Å². The second-order valence-electron chi connectivity index (χ2n) is 4.66. The molecule has 0 radical (unpaired) electrons. The Labute approximate surface area is 132 Å². The molecule has 0 saturated carbocycles. The van der Waals surface area contributed by atoms with Gasteiger partial charge in [0.05, 0.1) is 23.9 Å². The lowest BCUT2D eigenvalue weighted by Crippen LogP contribution is -2.12. The highest BCUT2D eigenvalue weighted by Crippen LogP contribution is 2.27. The SMILES string of the molecule is CCOC(=O)c1ccc(NC(C)c2ccnn2C)c(Br)c1. The first-order valence-electron chi connectivity index (χ1n) is 6.74. The van der Waals surface area contributed by atoms with Crippen LogP contribution in [0.2, 0.25) is 0 Å².